The predicted octanol–water partition coefficient (Wildman–Crippen LogP) is 2.26. The molecule has 2 rings (SSSR count). The highest BCUT2D eigenvalue weighted by atomic mass is 32.1. The molecule has 0 bridgehead atoms. The summed E-state index contributed by atoms with van der Waals surface area (Å²) in [6.45, 7) is 0. The van der Waals surface area contributed by atoms with E-state index in [2.05, 4.69) is 15.0 Å². The Morgan fingerprint density at radius 1 is 1.47 bits per heavy atom. The van der Waals surface area contributed by atoms with Crippen molar-refractivity contribution in [2.75, 3.05) is 18.2 Å². The van der Waals surface area contributed by atoms with E-state index in [-0.39, 0.29) is 5.69 Å². The van der Waals surface area contributed by atoms with Crippen LogP contribution in [0.4, 0.5) is 17.2 Å². The normalized spacial score (nSPS) is 9.94. The molecule has 0 aliphatic rings. The van der Waals surface area contributed by atoms with Crippen molar-refractivity contribution in [1.82, 2.24) is 4.98 Å². The van der Waals surface area contributed by atoms with Crippen LogP contribution in [0.25, 0.3) is 0 Å². The predicted molar refractivity (Wildman–Crippen MR) is 67.6 cm³/mol. The first-order valence-corrected chi connectivity index (χ1v) is 5.79. The van der Waals surface area contributed by atoms with Gasteiger partial charge in [0.1, 0.15) is 0 Å². The molecule has 88 valence electrons. The summed E-state index contributed by atoms with van der Waals surface area (Å²) in [6, 6.07) is 5.05. The molecule has 0 fully saturated rings. The van der Waals surface area contributed by atoms with Crippen LogP contribution in [0, 0.1) is 0 Å². The topological polar surface area (TPSA) is 77.2 Å². The van der Waals surface area contributed by atoms with Gasteiger partial charge in [0, 0.05) is 5.38 Å². The first-order valence-electron chi connectivity index (χ1n) is 4.85. The molecule has 17 heavy (non-hydrogen) atoms. The van der Waals surface area contributed by atoms with Gasteiger partial charge in [-0.05, 0) is 23.6 Å². The monoisotopic (exact) mass is 249 g/mol. The van der Waals surface area contributed by atoms with Gasteiger partial charge in [-0.2, -0.15) is 11.3 Å². The van der Waals surface area contributed by atoms with Gasteiger partial charge in [-0.1, -0.05) is 0 Å². The molecule has 3 N–H and O–H groups in total. The summed E-state index contributed by atoms with van der Waals surface area (Å²) >= 11 is 1.56. The average Bonchev–Trinajstić information content (AvgIpc) is 2.84. The number of carbonyl (C=O) groups is 1. The van der Waals surface area contributed by atoms with Crippen molar-refractivity contribution < 1.29 is 9.53 Å². The maximum absolute atomic E-state index is 11.3. The fourth-order valence-corrected chi connectivity index (χ4v) is 1.85. The van der Waals surface area contributed by atoms with Gasteiger partial charge in [-0.25, -0.2) is 9.78 Å². The van der Waals surface area contributed by atoms with Gasteiger partial charge in [0.05, 0.1) is 18.5 Å². The zero-order valence-corrected chi connectivity index (χ0v) is 9.95. The Bertz CT molecular complexity index is 526. The summed E-state index contributed by atoms with van der Waals surface area (Å²) < 4.78 is 4.60. The maximum Gasteiger partial charge on any atom is 0.356 e. The molecule has 2 heterocycles. The molecule has 0 saturated carbocycles. The second-order valence-corrected chi connectivity index (χ2v) is 4.04. The van der Waals surface area contributed by atoms with Crippen LogP contribution in [0.15, 0.2) is 29.0 Å². The Kier molecular flexibility index (Phi) is 3.24. The molecule has 0 spiro atoms. The number of nitrogens with one attached hydrogen (secondary N) is 1. The lowest BCUT2D eigenvalue weighted by Crippen LogP contribution is -2.07. The molecule has 2 aromatic heterocycles. The number of methoxy groups -OCH3 is 1. The number of pyridine rings is 1. The van der Waals surface area contributed by atoms with E-state index in [0.29, 0.717) is 11.5 Å². The second kappa shape index (κ2) is 4.84. The fraction of sp³-hybridized carbons (Fsp3) is 0.0909. The van der Waals surface area contributed by atoms with Crippen LogP contribution in [-0.2, 0) is 4.74 Å². The molecule has 6 heteroatoms. The van der Waals surface area contributed by atoms with Crippen molar-refractivity contribution >= 4 is 34.5 Å². The van der Waals surface area contributed by atoms with Gasteiger partial charge in [0.25, 0.3) is 0 Å². The number of carbonyl (C=O) groups excluding carboxylic acids is 1. The largest absolute Gasteiger partial charge is 0.464 e. The Hall–Kier alpha value is -2.08. The first kappa shape index (κ1) is 11.4. The van der Waals surface area contributed by atoms with Crippen molar-refractivity contribution in [3.05, 3.63) is 34.7 Å². The van der Waals surface area contributed by atoms with Crippen molar-refractivity contribution in [3.63, 3.8) is 0 Å². The maximum atomic E-state index is 11.3. The Morgan fingerprint density at radius 3 is 2.94 bits per heavy atom. The highest BCUT2D eigenvalue weighted by Gasteiger charge is 2.10. The minimum absolute atomic E-state index is 0.222. The van der Waals surface area contributed by atoms with Gasteiger partial charge in [0.15, 0.2) is 11.5 Å². The lowest BCUT2D eigenvalue weighted by Gasteiger charge is -2.07. The summed E-state index contributed by atoms with van der Waals surface area (Å²) in [4.78, 5) is 15.4. The Labute approximate surface area is 102 Å². The molecule has 0 amide bonds. The van der Waals surface area contributed by atoms with Gasteiger partial charge in [-0.15, -0.1) is 0 Å². The molecule has 0 atom stereocenters. The summed E-state index contributed by atoms with van der Waals surface area (Å²) in [5, 5.41) is 6.89. The molecular weight excluding hydrogens is 238 g/mol. The lowest BCUT2D eigenvalue weighted by molar-refractivity contribution is 0.0594. The molecule has 0 unspecified atom stereocenters. The Morgan fingerprint density at radius 2 is 2.29 bits per heavy atom. The summed E-state index contributed by atoms with van der Waals surface area (Å²) in [6.07, 6.45) is 0. The number of aromatic nitrogens is 1. The molecule has 0 aliphatic carbocycles. The zero-order valence-electron chi connectivity index (χ0n) is 9.14. The van der Waals surface area contributed by atoms with Gasteiger partial charge < -0.3 is 15.8 Å². The highest BCUT2D eigenvalue weighted by Crippen LogP contribution is 2.22. The third-order valence-corrected chi connectivity index (χ3v) is 2.79. The molecule has 2 aromatic rings. The SMILES string of the molecule is COC(=O)c1ccc(N)c(Nc2ccsc2)n1. The van der Waals surface area contributed by atoms with Crippen LogP contribution in [-0.4, -0.2) is 18.1 Å². The second-order valence-electron chi connectivity index (χ2n) is 3.26. The third kappa shape index (κ3) is 2.54. The first-order chi connectivity index (χ1) is 8.20. The van der Waals surface area contributed by atoms with E-state index >= 15 is 0 Å². The molecule has 0 aromatic carbocycles. The van der Waals surface area contributed by atoms with E-state index in [9.17, 15) is 4.79 Å². The number of hydrogen-bond donors (Lipinski definition) is 2. The molecule has 0 aliphatic heterocycles. The fourth-order valence-electron chi connectivity index (χ4n) is 1.26. The van der Waals surface area contributed by atoms with E-state index < -0.39 is 5.97 Å². The van der Waals surface area contributed by atoms with E-state index in [1.165, 1.54) is 13.2 Å². The third-order valence-electron chi connectivity index (χ3n) is 2.10. The number of nitrogen functional groups attached to an aromatic ring is 1. The van der Waals surface area contributed by atoms with E-state index in [0.717, 1.165) is 5.69 Å². The van der Waals surface area contributed by atoms with Crippen molar-refractivity contribution in [1.29, 1.82) is 0 Å². The minimum Gasteiger partial charge on any atom is -0.464 e. The van der Waals surface area contributed by atoms with E-state index in [4.69, 9.17) is 5.73 Å². The van der Waals surface area contributed by atoms with Crippen LogP contribution in [0.5, 0.6) is 0 Å². The smallest absolute Gasteiger partial charge is 0.356 e. The summed E-state index contributed by atoms with van der Waals surface area (Å²) in [5.74, 6) is -0.0373. The van der Waals surface area contributed by atoms with E-state index in [1.54, 1.807) is 17.4 Å². The van der Waals surface area contributed by atoms with E-state index in [1.807, 2.05) is 16.8 Å². The molecule has 0 radical (unpaired) electrons. The number of hydrogen-bond acceptors (Lipinski definition) is 6. The zero-order chi connectivity index (χ0) is 12.3. The van der Waals surface area contributed by atoms with Gasteiger partial charge in [-0.3, -0.25) is 0 Å². The number of thiophene rings is 1. The molecule has 0 saturated heterocycles. The standard InChI is InChI=1S/C11H11N3O2S/c1-16-11(15)9-3-2-8(12)10(14-9)13-7-4-5-17-6-7/h2-6H,12H2,1H3,(H,13,14). The minimum atomic E-state index is -0.488. The van der Waals surface area contributed by atoms with Crippen LogP contribution >= 0.6 is 11.3 Å². The molecule has 5 nitrogen and oxygen atoms in total. The van der Waals surface area contributed by atoms with Crippen molar-refractivity contribution in [2.45, 2.75) is 0 Å². The van der Waals surface area contributed by atoms with Crippen LogP contribution in [0.2, 0.25) is 0 Å². The number of nitrogens with two attached hydrogens (primary N) is 1. The lowest BCUT2D eigenvalue weighted by atomic mass is 10.3. The number of ether oxygens (including phenoxy) is 1. The number of rotatable bonds is 3. The summed E-state index contributed by atoms with van der Waals surface area (Å²) in [7, 11) is 1.31. The van der Waals surface area contributed by atoms with Crippen LogP contribution in [0.3, 0.4) is 0 Å². The quantitative estimate of drug-likeness (QED) is 0.816. The van der Waals surface area contributed by atoms with Crippen molar-refractivity contribution in [3.8, 4) is 0 Å². The Balaban J connectivity index is 2.29. The number of esters is 1. The highest BCUT2D eigenvalue weighted by molar-refractivity contribution is 7.08. The van der Waals surface area contributed by atoms with Crippen LogP contribution < -0.4 is 11.1 Å². The summed E-state index contributed by atoms with van der Waals surface area (Å²) in [5.41, 5.74) is 7.36. The van der Waals surface area contributed by atoms with Crippen LogP contribution in [0.1, 0.15) is 10.5 Å². The number of nitrogens with zero attached hydrogens (tertiary/aromatic N) is 1. The number of anilines is 3. The average molecular weight is 249 g/mol. The van der Waals surface area contributed by atoms with Gasteiger partial charge >= 0.3 is 5.97 Å². The molecular formula is C11H11N3O2S. The van der Waals surface area contributed by atoms with Gasteiger partial charge in [0.2, 0.25) is 0 Å². The van der Waals surface area contributed by atoms with Crippen molar-refractivity contribution in [2.24, 2.45) is 0 Å².